The Morgan fingerprint density at radius 2 is 1.96 bits per heavy atom. The van der Waals surface area contributed by atoms with Crippen LogP contribution in [0.1, 0.15) is 55.5 Å². The zero-order valence-electron chi connectivity index (χ0n) is 15.9. The molecule has 3 aromatic rings. The Hall–Kier alpha value is -2.39. The van der Waals surface area contributed by atoms with Crippen LogP contribution in [0.2, 0.25) is 0 Å². The standard InChI is InChI=1S/C24H27NO2/c1-2-3-7-18-13-15-20-21(24(18)26)9-6-11-23(20)27-16-19-14-12-17-8-4-5-10-22(17)25-19/h4-6,8-12,14,18,24,26H,2-3,7,13,15-16H2,1H3. The van der Waals surface area contributed by atoms with E-state index in [-0.39, 0.29) is 6.10 Å². The molecule has 140 valence electrons. The van der Waals surface area contributed by atoms with Gasteiger partial charge in [0.1, 0.15) is 12.4 Å². The largest absolute Gasteiger partial charge is 0.487 e. The number of benzene rings is 2. The molecule has 0 bridgehead atoms. The smallest absolute Gasteiger partial charge is 0.130 e. The van der Waals surface area contributed by atoms with E-state index in [0.717, 1.165) is 47.2 Å². The molecule has 3 nitrogen and oxygen atoms in total. The fourth-order valence-corrected chi connectivity index (χ4v) is 4.11. The van der Waals surface area contributed by atoms with Crippen LogP contribution in [0.3, 0.4) is 0 Å². The normalized spacial score (nSPS) is 19.0. The van der Waals surface area contributed by atoms with E-state index in [1.165, 1.54) is 18.4 Å². The minimum atomic E-state index is -0.373. The van der Waals surface area contributed by atoms with E-state index in [1.54, 1.807) is 0 Å². The van der Waals surface area contributed by atoms with Gasteiger partial charge in [0.15, 0.2) is 0 Å². The van der Waals surface area contributed by atoms with Gasteiger partial charge in [-0.05, 0) is 54.5 Å². The molecule has 1 aliphatic carbocycles. The number of ether oxygens (including phenoxy) is 1. The number of para-hydroxylation sites is 1. The lowest BCUT2D eigenvalue weighted by Crippen LogP contribution is -2.21. The molecule has 4 rings (SSSR count). The second kappa shape index (κ2) is 8.10. The van der Waals surface area contributed by atoms with E-state index >= 15 is 0 Å². The lowest BCUT2D eigenvalue weighted by molar-refractivity contribution is 0.0861. The highest BCUT2D eigenvalue weighted by atomic mass is 16.5. The summed E-state index contributed by atoms with van der Waals surface area (Å²) in [5.41, 5.74) is 4.12. The molecule has 2 atom stereocenters. The minimum Gasteiger partial charge on any atom is -0.487 e. The first kappa shape index (κ1) is 18.0. The third-order valence-corrected chi connectivity index (χ3v) is 5.66. The Morgan fingerprint density at radius 3 is 2.85 bits per heavy atom. The third-order valence-electron chi connectivity index (χ3n) is 5.66. The van der Waals surface area contributed by atoms with Crippen molar-refractivity contribution in [3.05, 3.63) is 71.4 Å². The molecule has 1 aromatic heterocycles. The molecule has 27 heavy (non-hydrogen) atoms. The van der Waals surface area contributed by atoms with Crippen molar-refractivity contribution in [3.63, 3.8) is 0 Å². The zero-order valence-corrected chi connectivity index (χ0v) is 15.9. The maximum Gasteiger partial charge on any atom is 0.130 e. The van der Waals surface area contributed by atoms with Crippen LogP contribution >= 0.6 is 0 Å². The molecular weight excluding hydrogens is 334 g/mol. The lowest BCUT2D eigenvalue weighted by atomic mass is 9.79. The summed E-state index contributed by atoms with van der Waals surface area (Å²) >= 11 is 0. The molecule has 0 aliphatic heterocycles. The van der Waals surface area contributed by atoms with Gasteiger partial charge in [0.2, 0.25) is 0 Å². The quantitative estimate of drug-likeness (QED) is 0.621. The number of hydrogen-bond acceptors (Lipinski definition) is 3. The van der Waals surface area contributed by atoms with Crippen molar-refractivity contribution in [2.24, 2.45) is 5.92 Å². The number of hydrogen-bond donors (Lipinski definition) is 1. The molecule has 0 saturated carbocycles. The summed E-state index contributed by atoms with van der Waals surface area (Å²) in [7, 11) is 0. The predicted octanol–water partition coefficient (Wildman–Crippen LogP) is 5.60. The fourth-order valence-electron chi connectivity index (χ4n) is 4.11. The average molecular weight is 361 g/mol. The van der Waals surface area contributed by atoms with Crippen LogP contribution in [0.25, 0.3) is 10.9 Å². The van der Waals surface area contributed by atoms with Gasteiger partial charge < -0.3 is 9.84 Å². The van der Waals surface area contributed by atoms with Crippen LogP contribution in [0, 0.1) is 5.92 Å². The summed E-state index contributed by atoms with van der Waals surface area (Å²) in [6, 6.07) is 18.3. The number of aliphatic hydroxyl groups excluding tert-OH is 1. The van der Waals surface area contributed by atoms with E-state index in [1.807, 2.05) is 36.4 Å². The molecule has 1 heterocycles. The van der Waals surface area contributed by atoms with Crippen LogP contribution < -0.4 is 4.74 Å². The van der Waals surface area contributed by atoms with Crippen molar-refractivity contribution in [1.29, 1.82) is 0 Å². The van der Waals surface area contributed by atoms with E-state index in [0.29, 0.717) is 12.5 Å². The first-order chi connectivity index (χ1) is 13.3. The molecule has 0 fully saturated rings. The molecule has 2 unspecified atom stereocenters. The first-order valence-electron chi connectivity index (χ1n) is 10.0. The topological polar surface area (TPSA) is 42.4 Å². The molecule has 0 amide bonds. The Balaban J connectivity index is 1.51. The summed E-state index contributed by atoms with van der Waals surface area (Å²) in [5, 5.41) is 11.9. The van der Waals surface area contributed by atoms with Gasteiger partial charge in [0.25, 0.3) is 0 Å². The maximum absolute atomic E-state index is 10.8. The number of pyridine rings is 1. The van der Waals surface area contributed by atoms with Gasteiger partial charge in [0.05, 0.1) is 17.3 Å². The molecule has 0 saturated heterocycles. The molecule has 1 aliphatic rings. The molecule has 1 N–H and O–H groups in total. The minimum absolute atomic E-state index is 0.370. The average Bonchev–Trinajstić information content (AvgIpc) is 2.72. The molecular formula is C24H27NO2. The number of fused-ring (bicyclic) bond motifs is 2. The van der Waals surface area contributed by atoms with Gasteiger partial charge in [0, 0.05) is 5.39 Å². The number of unbranched alkanes of at least 4 members (excludes halogenated alkanes) is 1. The van der Waals surface area contributed by atoms with Crippen molar-refractivity contribution in [2.45, 2.75) is 51.7 Å². The van der Waals surface area contributed by atoms with Crippen LogP contribution in [0.4, 0.5) is 0 Å². The highest BCUT2D eigenvalue weighted by Crippen LogP contribution is 2.40. The molecule has 2 aromatic carbocycles. The monoisotopic (exact) mass is 361 g/mol. The van der Waals surface area contributed by atoms with Crippen LogP contribution in [-0.2, 0) is 13.0 Å². The molecule has 3 heteroatoms. The maximum atomic E-state index is 10.8. The van der Waals surface area contributed by atoms with Crippen molar-refractivity contribution in [2.75, 3.05) is 0 Å². The summed E-state index contributed by atoms with van der Waals surface area (Å²) in [5.74, 6) is 1.25. The van der Waals surface area contributed by atoms with Crippen molar-refractivity contribution < 1.29 is 9.84 Å². The van der Waals surface area contributed by atoms with Crippen LogP contribution in [0.15, 0.2) is 54.6 Å². The Kier molecular flexibility index (Phi) is 5.40. The number of aliphatic hydroxyl groups is 1. The van der Waals surface area contributed by atoms with Crippen LogP contribution in [0.5, 0.6) is 5.75 Å². The Bertz CT molecular complexity index is 921. The van der Waals surface area contributed by atoms with Gasteiger partial charge in [-0.25, -0.2) is 4.98 Å². The van der Waals surface area contributed by atoms with Gasteiger partial charge in [-0.2, -0.15) is 0 Å². The number of nitrogens with zero attached hydrogens (tertiary/aromatic N) is 1. The highest BCUT2D eigenvalue weighted by Gasteiger charge is 2.29. The highest BCUT2D eigenvalue weighted by molar-refractivity contribution is 5.78. The number of aromatic nitrogens is 1. The van der Waals surface area contributed by atoms with E-state index in [2.05, 4.69) is 30.1 Å². The van der Waals surface area contributed by atoms with E-state index < -0.39 is 0 Å². The Labute approximate surface area is 161 Å². The summed E-state index contributed by atoms with van der Waals surface area (Å²) in [6.45, 7) is 2.65. The lowest BCUT2D eigenvalue weighted by Gasteiger charge is -2.31. The Morgan fingerprint density at radius 1 is 1.07 bits per heavy atom. The first-order valence-corrected chi connectivity index (χ1v) is 10.0. The van der Waals surface area contributed by atoms with E-state index in [9.17, 15) is 5.11 Å². The summed E-state index contributed by atoms with van der Waals surface area (Å²) in [6.07, 6.45) is 5.09. The predicted molar refractivity (Wildman–Crippen MR) is 109 cm³/mol. The van der Waals surface area contributed by atoms with E-state index in [4.69, 9.17) is 4.74 Å². The molecule has 0 spiro atoms. The van der Waals surface area contributed by atoms with Gasteiger partial charge in [-0.3, -0.25) is 0 Å². The van der Waals surface area contributed by atoms with Crippen molar-refractivity contribution in [1.82, 2.24) is 4.98 Å². The van der Waals surface area contributed by atoms with Gasteiger partial charge in [-0.1, -0.05) is 56.2 Å². The van der Waals surface area contributed by atoms with Gasteiger partial charge in [-0.15, -0.1) is 0 Å². The zero-order chi connectivity index (χ0) is 18.6. The van der Waals surface area contributed by atoms with Crippen molar-refractivity contribution >= 4 is 10.9 Å². The summed E-state index contributed by atoms with van der Waals surface area (Å²) in [4.78, 5) is 4.69. The molecule has 0 radical (unpaired) electrons. The SMILES string of the molecule is CCCCC1CCc2c(OCc3ccc4ccccc4n3)cccc2C1O. The second-order valence-corrected chi connectivity index (χ2v) is 7.49. The van der Waals surface area contributed by atoms with Crippen LogP contribution in [-0.4, -0.2) is 10.1 Å². The second-order valence-electron chi connectivity index (χ2n) is 7.49. The third kappa shape index (κ3) is 3.84. The number of rotatable bonds is 6. The fraction of sp³-hybridized carbons (Fsp3) is 0.375. The van der Waals surface area contributed by atoms with Crippen molar-refractivity contribution in [3.8, 4) is 5.75 Å². The summed E-state index contributed by atoms with van der Waals surface area (Å²) < 4.78 is 6.13. The van der Waals surface area contributed by atoms with Gasteiger partial charge >= 0.3 is 0 Å².